The number of aryl methyl sites for hydroxylation is 1. The van der Waals surface area contributed by atoms with Crippen LogP contribution in [0.25, 0.3) is 0 Å². The molecule has 1 aromatic rings. The average molecular weight is 300 g/mol. The van der Waals surface area contributed by atoms with Gasteiger partial charge in [-0.1, -0.05) is 0 Å². The average Bonchev–Trinajstić information content (AvgIpc) is 2.19. The van der Waals surface area contributed by atoms with Gasteiger partial charge in [-0.3, -0.25) is 4.79 Å². The summed E-state index contributed by atoms with van der Waals surface area (Å²) in [5.74, 6) is 0. The monoisotopic (exact) mass is 299 g/mol. The minimum Gasteiger partial charge on any atom is -0.374 e. The summed E-state index contributed by atoms with van der Waals surface area (Å²) in [6, 6.07) is 0. The third kappa shape index (κ3) is 3.22. The van der Waals surface area contributed by atoms with Crippen LogP contribution in [0, 0.1) is 0 Å². The quantitative estimate of drug-likeness (QED) is 0.929. The topological polar surface area (TPSA) is 46.9 Å². The Morgan fingerprint density at radius 3 is 2.69 bits per heavy atom. The van der Waals surface area contributed by atoms with Crippen molar-refractivity contribution in [3.63, 3.8) is 0 Å². The standard InChI is InChI=1S/C8H9BrF3N3O/c1-2-15-7(16)6(9)5(3-14-15)13-4-8(10,11)12/h3,13H,2,4H2,1H3. The number of anilines is 1. The van der Waals surface area contributed by atoms with Gasteiger partial charge in [0.2, 0.25) is 0 Å². The van der Waals surface area contributed by atoms with Gasteiger partial charge in [0.1, 0.15) is 11.0 Å². The van der Waals surface area contributed by atoms with Crippen LogP contribution in [0.4, 0.5) is 18.9 Å². The van der Waals surface area contributed by atoms with E-state index in [1.807, 2.05) is 0 Å². The highest BCUT2D eigenvalue weighted by molar-refractivity contribution is 9.10. The largest absolute Gasteiger partial charge is 0.405 e. The highest BCUT2D eigenvalue weighted by Gasteiger charge is 2.27. The second-order valence-electron chi connectivity index (χ2n) is 2.96. The summed E-state index contributed by atoms with van der Waals surface area (Å²) in [5.41, 5.74) is -0.429. The maximum Gasteiger partial charge on any atom is 0.405 e. The molecule has 0 amide bonds. The molecule has 1 aromatic heterocycles. The van der Waals surface area contributed by atoms with E-state index in [0.717, 1.165) is 4.68 Å². The van der Waals surface area contributed by atoms with Crippen LogP contribution in [0.2, 0.25) is 0 Å². The lowest BCUT2D eigenvalue weighted by molar-refractivity contribution is -0.115. The van der Waals surface area contributed by atoms with Crippen LogP contribution in [0.15, 0.2) is 15.5 Å². The van der Waals surface area contributed by atoms with Gasteiger partial charge in [-0.15, -0.1) is 0 Å². The van der Waals surface area contributed by atoms with Crippen LogP contribution in [0.5, 0.6) is 0 Å². The molecule has 0 unspecified atom stereocenters. The van der Waals surface area contributed by atoms with Gasteiger partial charge in [-0.25, -0.2) is 4.68 Å². The van der Waals surface area contributed by atoms with Crippen molar-refractivity contribution in [1.82, 2.24) is 9.78 Å². The number of rotatable bonds is 3. The summed E-state index contributed by atoms with van der Waals surface area (Å²) in [5, 5.41) is 5.80. The molecule has 0 aliphatic rings. The Hall–Kier alpha value is -1.05. The molecule has 0 fully saturated rings. The van der Waals surface area contributed by atoms with Gasteiger partial charge in [0.05, 0.1) is 11.9 Å². The second kappa shape index (κ2) is 4.86. The maximum atomic E-state index is 11.9. The highest BCUT2D eigenvalue weighted by Crippen LogP contribution is 2.20. The number of aromatic nitrogens is 2. The first kappa shape index (κ1) is 13.0. The van der Waals surface area contributed by atoms with Crippen LogP contribution in [0.3, 0.4) is 0 Å². The molecular weight excluding hydrogens is 291 g/mol. The van der Waals surface area contributed by atoms with Gasteiger partial charge < -0.3 is 5.32 Å². The summed E-state index contributed by atoms with van der Waals surface area (Å²) in [6.45, 7) is 0.865. The van der Waals surface area contributed by atoms with Crippen molar-refractivity contribution in [2.45, 2.75) is 19.6 Å². The SMILES string of the molecule is CCn1ncc(NCC(F)(F)F)c(Br)c1=O. The number of halogens is 4. The number of hydrogen-bond donors (Lipinski definition) is 1. The first-order valence-electron chi connectivity index (χ1n) is 4.41. The van der Waals surface area contributed by atoms with Crippen LogP contribution in [0.1, 0.15) is 6.92 Å². The number of hydrogen-bond acceptors (Lipinski definition) is 3. The van der Waals surface area contributed by atoms with Crippen LogP contribution in [-0.2, 0) is 6.54 Å². The van der Waals surface area contributed by atoms with E-state index in [0.29, 0.717) is 6.54 Å². The maximum absolute atomic E-state index is 11.9. The molecule has 0 aromatic carbocycles. The van der Waals surface area contributed by atoms with E-state index in [2.05, 4.69) is 26.3 Å². The fourth-order valence-corrected chi connectivity index (χ4v) is 1.46. The van der Waals surface area contributed by atoms with Gasteiger partial charge >= 0.3 is 6.18 Å². The van der Waals surface area contributed by atoms with Gasteiger partial charge in [-0.2, -0.15) is 18.3 Å². The lowest BCUT2D eigenvalue weighted by Gasteiger charge is -2.11. The van der Waals surface area contributed by atoms with Crippen molar-refractivity contribution in [3.05, 3.63) is 21.0 Å². The normalized spacial score (nSPS) is 11.6. The van der Waals surface area contributed by atoms with Crippen molar-refractivity contribution in [2.24, 2.45) is 0 Å². The van der Waals surface area contributed by atoms with Crippen molar-refractivity contribution < 1.29 is 13.2 Å². The van der Waals surface area contributed by atoms with Gasteiger partial charge in [0.25, 0.3) is 5.56 Å². The molecule has 0 saturated heterocycles. The predicted octanol–water partition coefficient (Wildman–Crippen LogP) is 2.00. The zero-order valence-electron chi connectivity index (χ0n) is 8.31. The highest BCUT2D eigenvalue weighted by atomic mass is 79.9. The fourth-order valence-electron chi connectivity index (χ4n) is 1.01. The van der Waals surface area contributed by atoms with Gasteiger partial charge in [0, 0.05) is 6.54 Å². The summed E-state index contributed by atoms with van der Waals surface area (Å²) >= 11 is 2.94. The van der Waals surface area contributed by atoms with Crippen LogP contribution >= 0.6 is 15.9 Å². The van der Waals surface area contributed by atoms with E-state index >= 15 is 0 Å². The summed E-state index contributed by atoms with van der Waals surface area (Å²) < 4.78 is 37.0. The smallest absolute Gasteiger partial charge is 0.374 e. The third-order valence-corrected chi connectivity index (χ3v) is 2.53. The molecule has 8 heteroatoms. The van der Waals surface area contributed by atoms with E-state index in [-0.39, 0.29) is 10.2 Å². The first-order chi connectivity index (χ1) is 7.35. The third-order valence-electron chi connectivity index (χ3n) is 1.76. The molecule has 0 aliphatic heterocycles. The molecule has 1 N–H and O–H groups in total. The van der Waals surface area contributed by atoms with E-state index in [4.69, 9.17) is 0 Å². The Kier molecular flexibility index (Phi) is 3.95. The molecular formula is C8H9BrF3N3O. The van der Waals surface area contributed by atoms with E-state index in [9.17, 15) is 18.0 Å². The molecule has 0 bridgehead atoms. The molecule has 0 radical (unpaired) electrons. The van der Waals surface area contributed by atoms with Crippen molar-refractivity contribution in [1.29, 1.82) is 0 Å². The first-order valence-corrected chi connectivity index (χ1v) is 5.20. The van der Waals surface area contributed by atoms with Gasteiger partial charge in [-0.05, 0) is 22.9 Å². The van der Waals surface area contributed by atoms with Crippen LogP contribution in [-0.4, -0.2) is 22.5 Å². The minimum absolute atomic E-state index is 0.0343. The Morgan fingerprint density at radius 2 is 2.19 bits per heavy atom. The molecule has 0 saturated carbocycles. The predicted molar refractivity (Wildman–Crippen MR) is 56.4 cm³/mol. The van der Waals surface area contributed by atoms with Crippen molar-refractivity contribution >= 4 is 21.6 Å². The summed E-state index contributed by atoms with van der Waals surface area (Å²) in [6.07, 6.45) is -3.15. The molecule has 0 spiro atoms. The molecule has 4 nitrogen and oxygen atoms in total. The molecule has 1 rings (SSSR count). The summed E-state index contributed by atoms with van der Waals surface area (Å²) in [4.78, 5) is 11.5. The lowest BCUT2D eigenvalue weighted by atomic mass is 10.4. The molecule has 1 heterocycles. The van der Waals surface area contributed by atoms with Crippen molar-refractivity contribution in [2.75, 3.05) is 11.9 Å². The Bertz CT molecular complexity index is 430. The minimum atomic E-state index is -4.33. The van der Waals surface area contributed by atoms with E-state index in [1.54, 1.807) is 6.92 Å². The van der Waals surface area contributed by atoms with Crippen molar-refractivity contribution in [3.8, 4) is 0 Å². The lowest BCUT2D eigenvalue weighted by Crippen LogP contribution is -2.26. The summed E-state index contributed by atoms with van der Waals surface area (Å²) in [7, 11) is 0. The molecule has 0 atom stereocenters. The second-order valence-corrected chi connectivity index (χ2v) is 3.75. The zero-order valence-corrected chi connectivity index (χ0v) is 9.89. The molecule has 16 heavy (non-hydrogen) atoms. The van der Waals surface area contributed by atoms with Gasteiger partial charge in [0.15, 0.2) is 0 Å². The number of nitrogens with one attached hydrogen (secondary N) is 1. The molecule has 0 aliphatic carbocycles. The van der Waals surface area contributed by atoms with E-state index < -0.39 is 18.3 Å². The Balaban J connectivity index is 2.91. The fraction of sp³-hybridized carbons (Fsp3) is 0.500. The zero-order chi connectivity index (χ0) is 12.3. The van der Waals surface area contributed by atoms with Crippen LogP contribution < -0.4 is 10.9 Å². The van der Waals surface area contributed by atoms with E-state index in [1.165, 1.54) is 6.20 Å². The number of nitrogens with zero attached hydrogens (tertiary/aromatic N) is 2. The Morgan fingerprint density at radius 1 is 1.56 bits per heavy atom. The molecule has 90 valence electrons. The Labute approximate surface area is 97.6 Å². The number of alkyl halides is 3.